The third-order valence-corrected chi connectivity index (χ3v) is 5.60. The summed E-state index contributed by atoms with van der Waals surface area (Å²) in [5.74, 6) is 1.66. The summed E-state index contributed by atoms with van der Waals surface area (Å²) in [6.07, 6.45) is 2.40. The van der Waals surface area contributed by atoms with Crippen LogP contribution in [0.4, 0.5) is 0 Å². The van der Waals surface area contributed by atoms with Crippen molar-refractivity contribution in [2.75, 3.05) is 13.1 Å². The molecule has 1 aliphatic heterocycles. The molecule has 0 N–H and O–H groups in total. The maximum Gasteiger partial charge on any atom is 0.173 e. The first-order valence-electron chi connectivity index (χ1n) is 9.50. The third-order valence-electron chi connectivity index (χ3n) is 5.35. The third kappa shape index (κ3) is 4.20. The first kappa shape index (κ1) is 18.1. The van der Waals surface area contributed by atoms with Crippen molar-refractivity contribution in [1.82, 2.24) is 25.1 Å². The SMILES string of the molecule is CC1CCN(C(c2ccc(Cl)cc2)c2nnnn2Cc2ccccc2)CC1. The molecule has 1 aliphatic rings. The van der Waals surface area contributed by atoms with Gasteiger partial charge in [0.2, 0.25) is 0 Å². The highest BCUT2D eigenvalue weighted by atomic mass is 35.5. The minimum absolute atomic E-state index is 0.0356. The Labute approximate surface area is 165 Å². The second kappa shape index (κ2) is 8.19. The number of hydrogen-bond donors (Lipinski definition) is 0. The Morgan fingerprint density at radius 2 is 1.74 bits per heavy atom. The van der Waals surface area contributed by atoms with Crippen LogP contribution >= 0.6 is 11.6 Å². The zero-order chi connectivity index (χ0) is 18.6. The molecule has 1 aromatic heterocycles. The fourth-order valence-electron chi connectivity index (χ4n) is 3.73. The highest BCUT2D eigenvalue weighted by molar-refractivity contribution is 6.30. The normalized spacial score (nSPS) is 17.1. The van der Waals surface area contributed by atoms with Gasteiger partial charge in [0.15, 0.2) is 5.82 Å². The van der Waals surface area contributed by atoms with Crippen molar-refractivity contribution in [2.24, 2.45) is 5.92 Å². The van der Waals surface area contributed by atoms with Crippen LogP contribution in [0.25, 0.3) is 0 Å². The van der Waals surface area contributed by atoms with Crippen LogP contribution in [0.2, 0.25) is 5.02 Å². The largest absolute Gasteiger partial charge is 0.290 e. The van der Waals surface area contributed by atoms with Gasteiger partial charge >= 0.3 is 0 Å². The Balaban J connectivity index is 1.69. The molecular formula is C21H24ClN5. The van der Waals surface area contributed by atoms with Crippen molar-refractivity contribution in [1.29, 1.82) is 0 Å². The van der Waals surface area contributed by atoms with Gasteiger partial charge in [-0.25, -0.2) is 4.68 Å². The summed E-state index contributed by atoms with van der Waals surface area (Å²) in [7, 11) is 0. The van der Waals surface area contributed by atoms with E-state index in [9.17, 15) is 0 Å². The molecule has 27 heavy (non-hydrogen) atoms. The fraction of sp³-hybridized carbons (Fsp3) is 0.381. The van der Waals surface area contributed by atoms with Crippen LogP contribution in [0.3, 0.4) is 0 Å². The Bertz CT molecular complexity index is 854. The van der Waals surface area contributed by atoms with Crippen LogP contribution < -0.4 is 0 Å². The zero-order valence-corrected chi connectivity index (χ0v) is 16.3. The Morgan fingerprint density at radius 1 is 1.04 bits per heavy atom. The number of benzene rings is 2. The van der Waals surface area contributed by atoms with Crippen molar-refractivity contribution < 1.29 is 0 Å². The second-order valence-electron chi connectivity index (χ2n) is 7.35. The van der Waals surface area contributed by atoms with Crippen LogP contribution in [0.15, 0.2) is 54.6 Å². The lowest BCUT2D eigenvalue weighted by atomic mass is 9.95. The van der Waals surface area contributed by atoms with Crippen LogP contribution in [0, 0.1) is 5.92 Å². The molecule has 1 unspecified atom stereocenters. The molecule has 3 aromatic rings. The van der Waals surface area contributed by atoms with Gasteiger partial charge in [-0.3, -0.25) is 4.90 Å². The van der Waals surface area contributed by atoms with E-state index in [2.05, 4.69) is 51.6 Å². The zero-order valence-electron chi connectivity index (χ0n) is 15.5. The van der Waals surface area contributed by atoms with Crippen molar-refractivity contribution in [3.8, 4) is 0 Å². The van der Waals surface area contributed by atoms with Crippen LogP contribution in [0.1, 0.15) is 42.8 Å². The standard InChI is InChI=1S/C21H24ClN5/c1-16-11-13-26(14-12-16)20(18-7-9-19(22)10-8-18)21-23-24-25-27(21)15-17-5-3-2-4-6-17/h2-10,16,20H,11-15H2,1H3. The quantitative estimate of drug-likeness (QED) is 0.664. The highest BCUT2D eigenvalue weighted by Crippen LogP contribution is 2.31. The van der Waals surface area contributed by atoms with Crippen molar-refractivity contribution in [2.45, 2.75) is 32.4 Å². The predicted molar refractivity (Wildman–Crippen MR) is 107 cm³/mol. The molecule has 2 heterocycles. The lowest BCUT2D eigenvalue weighted by molar-refractivity contribution is 0.150. The summed E-state index contributed by atoms with van der Waals surface area (Å²) >= 11 is 6.13. The van der Waals surface area contributed by atoms with E-state index in [1.807, 2.05) is 35.0 Å². The van der Waals surface area contributed by atoms with E-state index in [0.717, 1.165) is 29.9 Å². The Hall–Kier alpha value is -2.24. The Morgan fingerprint density at radius 3 is 2.44 bits per heavy atom. The van der Waals surface area contributed by atoms with E-state index >= 15 is 0 Å². The molecule has 4 rings (SSSR count). The van der Waals surface area contributed by atoms with Crippen LogP contribution in [-0.4, -0.2) is 38.2 Å². The van der Waals surface area contributed by atoms with Crippen molar-refractivity contribution in [3.63, 3.8) is 0 Å². The molecule has 5 nitrogen and oxygen atoms in total. The molecule has 0 bridgehead atoms. The van der Waals surface area contributed by atoms with Gasteiger partial charge in [0.05, 0.1) is 12.6 Å². The smallest absolute Gasteiger partial charge is 0.173 e. The molecule has 0 aliphatic carbocycles. The summed E-state index contributed by atoms with van der Waals surface area (Å²) in [5.41, 5.74) is 2.37. The second-order valence-corrected chi connectivity index (χ2v) is 7.79. The van der Waals surface area contributed by atoms with E-state index in [1.165, 1.54) is 24.0 Å². The first-order valence-corrected chi connectivity index (χ1v) is 9.88. The van der Waals surface area contributed by atoms with Crippen molar-refractivity contribution in [3.05, 3.63) is 76.6 Å². The van der Waals surface area contributed by atoms with Gasteiger partial charge in [-0.05, 0) is 65.5 Å². The van der Waals surface area contributed by atoms with Crippen LogP contribution in [0.5, 0.6) is 0 Å². The number of halogens is 1. The maximum absolute atomic E-state index is 6.13. The van der Waals surface area contributed by atoms with Crippen molar-refractivity contribution >= 4 is 11.6 Å². The number of tetrazole rings is 1. The Kier molecular flexibility index (Phi) is 5.50. The molecular weight excluding hydrogens is 358 g/mol. The predicted octanol–water partition coefficient (Wildman–Crippen LogP) is 4.20. The number of piperidine rings is 1. The maximum atomic E-state index is 6.13. The highest BCUT2D eigenvalue weighted by Gasteiger charge is 2.30. The van der Waals surface area contributed by atoms with E-state index < -0.39 is 0 Å². The summed E-state index contributed by atoms with van der Waals surface area (Å²) in [6.45, 7) is 5.09. The molecule has 0 saturated carbocycles. The lowest BCUT2D eigenvalue weighted by Gasteiger charge is -2.36. The van der Waals surface area contributed by atoms with Gasteiger partial charge < -0.3 is 0 Å². The fourth-order valence-corrected chi connectivity index (χ4v) is 3.86. The molecule has 1 fully saturated rings. The molecule has 2 aromatic carbocycles. The van der Waals surface area contributed by atoms with E-state index in [0.29, 0.717) is 6.54 Å². The number of likely N-dealkylation sites (tertiary alicyclic amines) is 1. The van der Waals surface area contributed by atoms with Gasteiger partial charge in [0, 0.05) is 5.02 Å². The molecule has 1 saturated heterocycles. The van der Waals surface area contributed by atoms with E-state index in [4.69, 9.17) is 11.6 Å². The molecule has 0 radical (unpaired) electrons. The number of aromatic nitrogens is 4. The summed E-state index contributed by atoms with van der Waals surface area (Å²) in [4.78, 5) is 2.50. The van der Waals surface area contributed by atoms with Gasteiger partial charge in [-0.2, -0.15) is 0 Å². The molecule has 6 heteroatoms. The van der Waals surface area contributed by atoms with E-state index in [-0.39, 0.29) is 6.04 Å². The first-order chi connectivity index (χ1) is 13.2. The number of rotatable bonds is 5. The molecule has 0 amide bonds. The minimum Gasteiger partial charge on any atom is -0.290 e. The lowest BCUT2D eigenvalue weighted by Crippen LogP contribution is -2.38. The van der Waals surface area contributed by atoms with E-state index in [1.54, 1.807) is 0 Å². The average molecular weight is 382 g/mol. The number of nitrogens with zero attached hydrogens (tertiary/aromatic N) is 5. The molecule has 0 spiro atoms. The van der Waals surface area contributed by atoms with Gasteiger partial charge in [0.1, 0.15) is 0 Å². The average Bonchev–Trinajstić information content (AvgIpc) is 3.13. The summed E-state index contributed by atoms with van der Waals surface area (Å²) in [6, 6.07) is 18.4. The van der Waals surface area contributed by atoms with Crippen LogP contribution in [-0.2, 0) is 6.54 Å². The molecule has 140 valence electrons. The minimum atomic E-state index is 0.0356. The number of hydrogen-bond acceptors (Lipinski definition) is 4. The summed E-state index contributed by atoms with van der Waals surface area (Å²) in [5, 5.41) is 13.5. The van der Waals surface area contributed by atoms with Gasteiger partial charge in [-0.15, -0.1) is 5.10 Å². The molecule has 1 atom stereocenters. The van der Waals surface area contributed by atoms with Gasteiger partial charge in [-0.1, -0.05) is 61.0 Å². The topological polar surface area (TPSA) is 46.8 Å². The summed E-state index contributed by atoms with van der Waals surface area (Å²) < 4.78 is 1.92. The van der Waals surface area contributed by atoms with Gasteiger partial charge in [0.25, 0.3) is 0 Å². The monoisotopic (exact) mass is 381 g/mol.